The van der Waals surface area contributed by atoms with Gasteiger partial charge in [-0.3, -0.25) is 42.0 Å². The number of nitrogen functional groups attached to an aromatic ring is 1. The number of aromatic nitrogens is 6. The molecular weight excluding hydrogens is 2150 g/mol. The summed E-state index contributed by atoms with van der Waals surface area (Å²) in [4.78, 5) is 8.80. The van der Waals surface area contributed by atoms with Gasteiger partial charge < -0.3 is 15.9 Å². The van der Waals surface area contributed by atoms with Gasteiger partial charge in [-0.25, -0.2) is 0 Å². The van der Waals surface area contributed by atoms with E-state index in [4.69, 9.17) is 60.8 Å². The quantitative estimate of drug-likeness (QED) is 0.00752. The predicted molar refractivity (Wildman–Crippen MR) is 503 cm³/mol. The highest BCUT2D eigenvalue weighted by atomic mass is 32.2. The molecule has 0 saturated heterocycles. The van der Waals surface area contributed by atoms with Gasteiger partial charge in [0.2, 0.25) is 0 Å². The number of rotatable bonds is 22. The Morgan fingerprint density at radius 2 is 0.766 bits per heavy atom. The van der Waals surface area contributed by atoms with Gasteiger partial charge in [0.25, 0.3) is 76.5 Å². The fourth-order valence-electron chi connectivity index (χ4n) is 14.1. The van der Waals surface area contributed by atoms with Crippen LogP contribution in [0.4, 0.5) is 68.2 Å². The third-order valence-electron chi connectivity index (χ3n) is 20.2. The number of anilines is 1. The average Bonchev–Trinajstić information content (AvgIpc) is 1.50. The molecular formula is C79H54N18O37S11. The topological polar surface area (TPSA) is 846 Å². The monoisotopic (exact) mass is 2200 g/mol. The molecule has 0 aliphatic heterocycles. The Bertz CT molecular complexity index is 9910. The second-order valence-electron chi connectivity index (χ2n) is 29.1. The van der Waals surface area contributed by atoms with Crippen LogP contribution in [-0.2, 0) is 113 Å². The van der Waals surface area contributed by atoms with E-state index in [1.165, 1.54) is 54.6 Å². The molecule has 748 valence electrons. The van der Waals surface area contributed by atoms with Gasteiger partial charge in [0.05, 0.1) is 65.6 Å². The molecule has 11 N–H and O–H groups in total. The SMILES string of the molecule is Cc1cc(-n2n3c4ccc5cc(S(=O)(=O)O)ccc5c4n23)ccc1N=Nc1ccc(C=Cc2ccc(-n3n4c5ccc6ccccc6c5n34)cc2S(=O)(=O)O)cc1.Nc1c(N=Nc2ccc3c(O)c(N=Nc4ccc(N=Nc5ccc(S(=O)(=O)O)cc5)cc4)c(S(=O)(=O)O)cc3c2S(=O)(=O)O)cc(S(=O)(=O)O)c2ccc(N=Nc3ccc([N+](=O)[O-])cc3S(=O)(=O)O)c(O)c12.O=S(=O)=O.O=S(=O)=O.O=S(=O)=O.O=S(=O)=O. The van der Waals surface area contributed by atoms with Crippen LogP contribution in [0, 0.1) is 17.0 Å². The minimum absolute atomic E-state index is 0.00260. The number of azo groups is 5. The molecule has 0 unspecified atom stereocenters. The van der Waals surface area contributed by atoms with Crippen molar-refractivity contribution in [2.45, 2.75) is 41.2 Å². The largest absolute Gasteiger partial charge is 0.505 e. The average molecular weight is 2200 g/mol. The van der Waals surface area contributed by atoms with Crippen molar-refractivity contribution in [2.75, 3.05) is 5.73 Å². The van der Waals surface area contributed by atoms with Gasteiger partial charge in [0.15, 0.2) is 11.5 Å². The van der Waals surface area contributed by atoms with E-state index in [1.807, 2.05) is 114 Å². The predicted octanol–water partition coefficient (Wildman–Crippen LogP) is 13.6. The second-order valence-corrected chi connectivity index (χ2v) is 40.5. The number of nitrogens with zero attached hydrogens (tertiary/aromatic N) is 17. The molecule has 4 aromatic heterocycles. The number of fused-ring (bicyclic) bond motifs is 14. The van der Waals surface area contributed by atoms with Crippen LogP contribution in [0.3, 0.4) is 0 Å². The number of aryl methyl sites for hydroxylation is 1. The lowest BCUT2D eigenvalue weighted by molar-refractivity contribution is -0.385. The fourth-order valence-corrected chi connectivity index (χ4v) is 18.7. The summed E-state index contributed by atoms with van der Waals surface area (Å²) in [7, 11) is -47.1. The number of hydrogen-bond donors (Lipinski definition) is 10. The third kappa shape index (κ3) is 24.0. The minimum atomic E-state index is -5.55. The summed E-state index contributed by atoms with van der Waals surface area (Å²) in [6, 6.07) is 55.5. The lowest BCUT2D eigenvalue weighted by Crippen LogP contribution is -2.03. The van der Waals surface area contributed by atoms with Gasteiger partial charge in [-0.15, -0.1) is 94.6 Å². The molecule has 4 heterocycles. The minimum Gasteiger partial charge on any atom is -0.505 e. The molecule has 0 aliphatic carbocycles. The van der Waals surface area contributed by atoms with E-state index < -0.39 is 211 Å². The molecule has 55 nitrogen and oxygen atoms in total. The zero-order chi connectivity index (χ0) is 106. The summed E-state index contributed by atoms with van der Waals surface area (Å²) < 4.78 is 350. The molecule has 145 heavy (non-hydrogen) atoms. The molecule has 0 amide bonds. The fraction of sp³-hybridized carbons (Fsp3) is 0.0127. The van der Waals surface area contributed by atoms with E-state index >= 15 is 0 Å². The van der Waals surface area contributed by atoms with Crippen molar-refractivity contribution in [1.82, 2.24) is 28.1 Å². The van der Waals surface area contributed by atoms with E-state index in [0.717, 1.165) is 104 Å². The van der Waals surface area contributed by atoms with Gasteiger partial charge in [0.1, 0.15) is 75.0 Å². The highest BCUT2D eigenvalue weighted by Crippen LogP contribution is 2.50. The van der Waals surface area contributed by atoms with Gasteiger partial charge >= 0.3 is 42.4 Å². The standard InChI is InChI=1S/C41H28N8O6S2.C38H26N10O19S5.4O3S/c1-25-22-31(44-46-38-21-12-29-23-33(56(50,51)52)17-18-35(29)41(38)49(44)46)16-19-36(25)43-42-30-13-7-26(8-14-30)6-9-28-10-15-32(24-39(28)57(53,54)55)45-47-37-20-11-27-4-2-3-5-34(27)40(37)48(45)47;39-34-29(17-30(69(56,57)58)24-11-13-27(37(50)33(24)34)44-43-26-12-7-21(48(51)52)15-31(26)70(59,60)61)46-45-28-14-10-23-25(38(28)72(65,66)67)16-32(71(62,63)64)35(36(23)49)47-42-19-3-1-18(2-4-19)40-41-20-5-8-22(9-6-20)68(53,54)55;4*1-4(2)3/h2-24H,1H3,(H,50,51,52)(H,53,54,55);1-17,49-50H,39H2,(H,53,54,55)(H,56,57,58)(H,59,60,61)(H,62,63,64)(H,65,66,67);;;;. The van der Waals surface area contributed by atoms with E-state index in [2.05, 4.69) is 69.3 Å². The summed E-state index contributed by atoms with van der Waals surface area (Å²) in [6.07, 6.45) is 3.43. The molecule has 66 heteroatoms. The molecule has 0 bridgehead atoms. The van der Waals surface area contributed by atoms with Gasteiger partial charge in [-0.1, -0.05) is 78.9 Å². The van der Waals surface area contributed by atoms with E-state index in [1.54, 1.807) is 24.3 Å². The van der Waals surface area contributed by atoms with Crippen LogP contribution in [-0.4, -0.2) is 185 Å². The number of non-ortho nitro benzene ring substituents is 1. The van der Waals surface area contributed by atoms with Crippen molar-refractivity contribution in [3.8, 4) is 22.9 Å². The number of nitrogens with two attached hydrogens (primary N) is 1. The number of hydrogen-bond acceptors (Lipinski definition) is 41. The molecule has 18 rings (SSSR count). The Morgan fingerprint density at radius 3 is 1.29 bits per heavy atom. The van der Waals surface area contributed by atoms with Crippen molar-refractivity contribution in [1.29, 1.82) is 0 Å². The first-order chi connectivity index (χ1) is 67.8. The van der Waals surface area contributed by atoms with Crippen molar-refractivity contribution in [3.05, 3.63) is 257 Å². The molecule has 0 atom stereocenters. The van der Waals surface area contributed by atoms with E-state index in [-0.39, 0.29) is 31.7 Å². The molecule has 0 fully saturated rings. The molecule has 18 aromatic rings. The van der Waals surface area contributed by atoms with E-state index in [9.17, 15) is 107 Å². The van der Waals surface area contributed by atoms with Crippen LogP contribution in [0.2, 0.25) is 0 Å². The van der Waals surface area contributed by atoms with Gasteiger partial charge in [0, 0.05) is 39.1 Å². The number of phenolic OH excluding ortho intramolecular Hbond substituents is 2. The summed E-state index contributed by atoms with van der Waals surface area (Å²) in [5, 5.41) is 74.2. The van der Waals surface area contributed by atoms with Crippen molar-refractivity contribution in [2.24, 2.45) is 51.1 Å². The maximum absolute atomic E-state index is 13.0. The Morgan fingerprint density at radius 1 is 0.338 bits per heavy atom. The summed E-state index contributed by atoms with van der Waals surface area (Å²) in [5.74, 6) is -2.12. The maximum atomic E-state index is 13.0. The van der Waals surface area contributed by atoms with Gasteiger partial charge in [-0.05, 0) is 186 Å². The Labute approximate surface area is 815 Å². The first-order valence-corrected chi connectivity index (χ1v) is 52.7. The Hall–Kier alpha value is -16.7. The van der Waals surface area contributed by atoms with Crippen molar-refractivity contribution in [3.63, 3.8) is 0 Å². The number of benzene rings is 14. The Kier molecular flexibility index (Phi) is 29.9. The molecule has 14 aromatic carbocycles. The normalized spacial score (nSPS) is 12.4. The van der Waals surface area contributed by atoms with Crippen molar-refractivity contribution < 1.29 is 156 Å². The highest BCUT2D eigenvalue weighted by Gasteiger charge is 2.33. The van der Waals surface area contributed by atoms with Crippen LogP contribution >= 0.6 is 0 Å². The Balaban J connectivity index is 0.000000215. The molecule has 0 saturated carbocycles. The summed E-state index contributed by atoms with van der Waals surface area (Å²) in [6.45, 7) is 1.96. The number of nitro benzene ring substituents is 1. The second kappa shape index (κ2) is 41.1. The van der Waals surface area contributed by atoms with Crippen LogP contribution in [0.5, 0.6) is 11.5 Å². The van der Waals surface area contributed by atoms with Gasteiger partial charge in [-0.2, -0.15) is 94.1 Å². The zero-order valence-electron chi connectivity index (χ0n) is 71.2. The third-order valence-corrected chi connectivity index (χ3v) is 26.4. The molecule has 0 radical (unpaired) electrons. The lowest BCUT2D eigenvalue weighted by atomic mass is 10.1. The van der Waals surface area contributed by atoms with E-state index in [0.29, 0.717) is 46.2 Å². The number of nitro groups is 1. The molecule has 0 spiro atoms. The molecule has 0 aliphatic rings. The van der Waals surface area contributed by atoms with Crippen LogP contribution in [0.25, 0.3) is 88.7 Å². The first kappa shape index (κ1) is 106. The van der Waals surface area contributed by atoms with Crippen molar-refractivity contribution >= 4 is 259 Å². The summed E-state index contributed by atoms with van der Waals surface area (Å²) in [5.41, 5.74) is 10.4. The maximum Gasteiger partial charge on any atom is 0.425 e. The summed E-state index contributed by atoms with van der Waals surface area (Å²) >= 11 is 0. The first-order valence-electron chi connectivity index (χ1n) is 38.6. The smallest absolute Gasteiger partial charge is 0.425 e. The van der Waals surface area contributed by atoms with Crippen LogP contribution in [0.1, 0.15) is 16.7 Å². The highest BCUT2D eigenvalue weighted by molar-refractivity contribution is 7.87. The lowest BCUT2D eigenvalue weighted by Gasteiger charge is -2.13. The number of aromatic hydroxyl groups is 2. The van der Waals surface area contributed by atoms with Crippen LogP contribution < -0.4 is 5.73 Å². The number of phenols is 2. The zero-order valence-corrected chi connectivity index (χ0v) is 80.2. The van der Waals surface area contributed by atoms with Crippen LogP contribution in [0.15, 0.2) is 316 Å².